The second-order valence-electron chi connectivity index (χ2n) is 4.85. The van der Waals surface area contributed by atoms with E-state index in [-0.39, 0.29) is 12.6 Å². The van der Waals surface area contributed by atoms with Crippen LogP contribution in [-0.4, -0.2) is 37.0 Å². The van der Waals surface area contributed by atoms with Crippen molar-refractivity contribution in [1.82, 2.24) is 4.31 Å². The van der Waals surface area contributed by atoms with E-state index >= 15 is 0 Å². The minimum atomic E-state index is -3.50. The minimum Gasteiger partial charge on any atom is -0.396 e. The van der Waals surface area contributed by atoms with Gasteiger partial charge < -0.3 is 5.11 Å². The number of rotatable bonds is 5. The molecule has 1 aliphatic rings. The molecule has 0 bridgehead atoms. The lowest BCUT2D eigenvalue weighted by Gasteiger charge is -2.24. The topological polar surface area (TPSA) is 57.6 Å². The fourth-order valence-corrected chi connectivity index (χ4v) is 5.73. The number of sulfonamides is 1. The van der Waals surface area contributed by atoms with Crippen LogP contribution in [0.3, 0.4) is 0 Å². The zero-order chi connectivity index (χ0) is 14.8. The lowest BCUT2D eigenvalue weighted by Crippen LogP contribution is -2.35. The Hall–Kier alpha value is 0.0500. The van der Waals surface area contributed by atoms with Crippen molar-refractivity contribution in [2.45, 2.75) is 36.6 Å². The first kappa shape index (κ1) is 16.4. The summed E-state index contributed by atoms with van der Waals surface area (Å²) in [5, 5.41) is 8.93. The summed E-state index contributed by atoms with van der Waals surface area (Å²) in [6, 6.07) is 5.16. The van der Waals surface area contributed by atoms with Gasteiger partial charge in [0, 0.05) is 28.1 Å². The van der Waals surface area contributed by atoms with Crippen LogP contribution in [-0.2, 0) is 10.0 Å². The van der Waals surface area contributed by atoms with E-state index in [2.05, 4.69) is 31.9 Å². The zero-order valence-electron chi connectivity index (χ0n) is 10.9. The Labute approximate surface area is 136 Å². The molecule has 0 aliphatic carbocycles. The molecule has 4 nitrogen and oxygen atoms in total. The molecule has 0 amide bonds. The van der Waals surface area contributed by atoms with E-state index in [0.717, 1.165) is 17.3 Å². The summed E-state index contributed by atoms with van der Waals surface area (Å²) in [6.45, 7) is 0.655. The highest BCUT2D eigenvalue weighted by atomic mass is 79.9. The molecule has 1 N–H and O–H groups in total. The van der Waals surface area contributed by atoms with E-state index in [9.17, 15) is 8.42 Å². The van der Waals surface area contributed by atoms with E-state index < -0.39 is 10.0 Å². The van der Waals surface area contributed by atoms with Gasteiger partial charge in [0.1, 0.15) is 0 Å². The maximum atomic E-state index is 12.8. The number of aliphatic hydroxyl groups is 1. The Morgan fingerprint density at radius 3 is 2.80 bits per heavy atom. The second-order valence-corrected chi connectivity index (χ2v) is 8.48. The second kappa shape index (κ2) is 6.87. The molecule has 1 heterocycles. The molecule has 7 heteroatoms. The predicted octanol–water partition coefficient (Wildman–Crippen LogP) is 3.14. The standard InChI is InChI=1S/C13H17Br2NO3S/c14-10-5-6-12(15)13(9-10)20(18,19)16-7-1-3-11(16)4-2-8-17/h5-6,9,11,17H,1-4,7-8H2. The summed E-state index contributed by atoms with van der Waals surface area (Å²) in [5.74, 6) is 0. The van der Waals surface area contributed by atoms with Crippen LogP contribution in [0.15, 0.2) is 32.0 Å². The van der Waals surface area contributed by atoms with Gasteiger partial charge in [-0.05, 0) is 59.8 Å². The average Bonchev–Trinajstić information content (AvgIpc) is 2.88. The molecular weight excluding hydrogens is 410 g/mol. The van der Waals surface area contributed by atoms with Crippen LogP contribution in [0, 0.1) is 0 Å². The van der Waals surface area contributed by atoms with Gasteiger partial charge in [0.05, 0.1) is 4.90 Å². The Kier molecular flexibility index (Phi) is 5.64. The fourth-order valence-electron chi connectivity index (χ4n) is 2.54. The molecule has 0 radical (unpaired) electrons. The van der Waals surface area contributed by atoms with E-state index in [1.54, 1.807) is 22.5 Å². The molecule has 20 heavy (non-hydrogen) atoms. The number of nitrogens with zero attached hydrogens (tertiary/aromatic N) is 1. The van der Waals surface area contributed by atoms with Crippen LogP contribution in [0.2, 0.25) is 0 Å². The number of hydrogen-bond acceptors (Lipinski definition) is 3. The number of aliphatic hydroxyl groups excluding tert-OH is 1. The molecule has 1 aromatic rings. The van der Waals surface area contributed by atoms with Gasteiger partial charge in [0.15, 0.2) is 0 Å². The molecule has 1 fully saturated rings. The quantitative estimate of drug-likeness (QED) is 0.786. The van der Waals surface area contributed by atoms with Crippen molar-refractivity contribution in [3.05, 3.63) is 27.1 Å². The Morgan fingerprint density at radius 1 is 1.35 bits per heavy atom. The molecule has 0 aromatic heterocycles. The van der Waals surface area contributed by atoms with Crippen LogP contribution >= 0.6 is 31.9 Å². The van der Waals surface area contributed by atoms with Crippen molar-refractivity contribution in [2.75, 3.05) is 13.2 Å². The molecule has 0 saturated carbocycles. The van der Waals surface area contributed by atoms with Crippen molar-refractivity contribution < 1.29 is 13.5 Å². The molecule has 1 aromatic carbocycles. The lowest BCUT2D eigenvalue weighted by atomic mass is 10.1. The molecule has 1 atom stereocenters. The smallest absolute Gasteiger partial charge is 0.244 e. The monoisotopic (exact) mass is 425 g/mol. The highest BCUT2D eigenvalue weighted by molar-refractivity contribution is 9.11. The third-order valence-corrected chi connectivity index (χ3v) is 6.94. The van der Waals surface area contributed by atoms with Gasteiger partial charge in [-0.2, -0.15) is 4.31 Å². The Balaban J connectivity index is 2.31. The number of halogens is 2. The van der Waals surface area contributed by atoms with Gasteiger partial charge in [-0.15, -0.1) is 0 Å². The maximum Gasteiger partial charge on any atom is 0.244 e. The fraction of sp³-hybridized carbons (Fsp3) is 0.538. The summed E-state index contributed by atoms with van der Waals surface area (Å²) < 4.78 is 28.5. The van der Waals surface area contributed by atoms with Gasteiger partial charge in [-0.25, -0.2) is 8.42 Å². The molecule has 1 saturated heterocycles. The van der Waals surface area contributed by atoms with Crippen LogP contribution < -0.4 is 0 Å². The van der Waals surface area contributed by atoms with Crippen molar-refractivity contribution >= 4 is 41.9 Å². The van der Waals surface area contributed by atoms with Crippen molar-refractivity contribution in [3.8, 4) is 0 Å². The SMILES string of the molecule is O=S(=O)(c1cc(Br)ccc1Br)N1CCCC1CCCO. The van der Waals surface area contributed by atoms with E-state index in [1.165, 1.54) is 0 Å². The van der Waals surface area contributed by atoms with Gasteiger partial charge >= 0.3 is 0 Å². The van der Waals surface area contributed by atoms with Gasteiger partial charge in [0.2, 0.25) is 10.0 Å². The molecule has 2 rings (SSSR count). The van der Waals surface area contributed by atoms with Crippen LogP contribution in [0.5, 0.6) is 0 Å². The van der Waals surface area contributed by atoms with Crippen molar-refractivity contribution in [1.29, 1.82) is 0 Å². The van der Waals surface area contributed by atoms with E-state index in [1.807, 2.05) is 0 Å². The van der Waals surface area contributed by atoms with E-state index in [4.69, 9.17) is 5.11 Å². The zero-order valence-corrected chi connectivity index (χ0v) is 14.9. The summed E-state index contributed by atoms with van der Waals surface area (Å²) in [4.78, 5) is 0.294. The molecule has 0 spiro atoms. The third kappa shape index (κ3) is 3.44. The first-order valence-corrected chi connectivity index (χ1v) is 9.57. The van der Waals surface area contributed by atoms with Crippen molar-refractivity contribution in [2.24, 2.45) is 0 Å². The average molecular weight is 427 g/mol. The number of hydrogen-bond donors (Lipinski definition) is 1. The normalized spacial score (nSPS) is 20.4. The first-order chi connectivity index (χ1) is 9.46. The predicted molar refractivity (Wildman–Crippen MR) is 85.1 cm³/mol. The van der Waals surface area contributed by atoms with Crippen LogP contribution in [0.1, 0.15) is 25.7 Å². The maximum absolute atomic E-state index is 12.8. The van der Waals surface area contributed by atoms with E-state index in [0.29, 0.717) is 28.8 Å². The van der Waals surface area contributed by atoms with Gasteiger partial charge in [0.25, 0.3) is 0 Å². The Bertz CT molecular complexity index is 577. The number of benzene rings is 1. The first-order valence-electron chi connectivity index (χ1n) is 6.54. The molecular formula is C13H17Br2NO3S. The summed E-state index contributed by atoms with van der Waals surface area (Å²) in [6.07, 6.45) is 3.09. The minimum absolute atomic E-state index is 0.00182. The van der Waals surface area contributed by atoms with Crippen molar-refractivity contribution in [3.63, 3.8) is 0 Å². The largest absolute Gasteiger partial charge is 0.396 e. The Morgan fingerprint density at radius 2 is 2.10 bits per heavy atom. The lowest BCUT2D eigenvalue weighted by molar-refractivity contribution is 0.264. The molecule has 1 unspecified atom stereocenters. The van der Waals surface area contributed by atoms with Gasteiger partial charge in [-0.3, -0.25) is 0 Å². The summed E-state index contributed by atoms with van der Waals surface area (Å²) in [7, 11) is -3.50. The van der Waals surface area contributed by atoms with Crippen LogP contribution in [0.25, 0.3) is 0 Å². The molecule has 112 valence electrons. The van der Waals surface area contributed by atoms with Crippen LogP contribution in [0.4, 0.5) is 0 Å². The third-order valence-electron chi connectivity index (χ3n) is 3.50. The molecule has 1 aliphatic heterocycles. The summed E-state index contributed by atoms with van der Waals surface area (Å²) >= 11 is 6.64. The highest BCUT2D eigenvalue weighted by Crippen LogP contribution is 2.33. The highest BCUT2D eigenvalue weighted by Gasteiger charge is 2.35. The van der Waals surface area contributed by atoms with Gasteiger partial charge in [-0.1, -0.05) is 15.9 Å². The summed E-state index contributed by atoms with van der Waals surface area (Å²) in [5.41, 5.74) is 0.